The summed E-state index contributed by atoms with van der Waals surface area (Å²) < 4.78 is 26.3. The number of carbonyl (C=O) groups is 1. The van der Waals surface area contributed by atoms with Crippen LogP contribution < -0.4 is 11.1 Å². The third-order valence-electron chi connectivity index (χ3n) is 1.84. The molecular formula is C11H14F2N2O. The van der Waals surface area contributed by atoms with Gasteiger partial charge in [-0.15, -0.1) is 0 Å². The maximum Gasteiger partial charge on any atom is 0.226 e. The average Bonchev–Trinajstić information content (AvgIpc) is 2.08. The predicted molar refractivity (Wildman–Crippen MR) is 57.9 cm³/mol. The fourth-order valence-electron chi connectivity index (χ4n) is 1.21. The largest absolute Gasteiger partial charge is 0.325 e. The van der Waals surface area contributed by atoms with Gasteiger partial charge in [0.1, 0.15) is 17.3 Å². The highest BCUT2D eigenvalue weighted by molar-refractivity contribution is 5.91. The number of rotatable bonds is 3. The molecule has 5 heteroatoms. The van der Waals surface area contributed by atoms with Crippen LogP contribution in [0.15, 0.2) is 18.2 Å². The second-order valence-corrected chi connectivity index (χ2v) is 4.31. The van der Waals surface area contributed by atoms with Crippen LogP contribution in [0.1, 0.15) is 20.3 Å². The van der Waals surface area contributed by atoms with E-state index in [1.54, 1.807) is 13.8 Å². The molecule has 16 heavy (non-hydrogen) atoms. The van der Waals surface area contributed by atoms with E-state index in [1.165, 1.54) is 6.07 Å². The van der Waals surface area contributed by atoms with Crippen molar-refractivity contribution < 1.29 is 13.6 Å². The Morgan fingerprint density at radius 2 is 1.88 bits per heavy atom. The minimum atomic E-state index is -0.803. The summed E-state index contributed by atoms with van der Waals surface area (Å²) in [5, 5.41) is 2.17. The lowest BCUT2D eigenvalue weighted by atomic mass is 10.0. The summed E-state index contributed by atoms with van der Waals surface area (Å²) >= 11 is 0. The molecule has 1 rings (SSSR count). The number of nitrogens with two attached hydrogens (primary N) is 1. The lowest BCUT2D eigenvalue weighted by Gasteiger charge is -2.17. The van der Waals surface area contributed by atoms with Crippen molar-refractivity contribution in [3.05, 3.63) is 29.8 Å². The standard InChI is InChI=1S/C11H14F2N2O/c1-11(2,14)6-9(16)15-10-7(12)4-3-5-8(10)13/h3-5H,6,14H2,1-2H3,(H,15,16). The van der Waals surface area contributed by atoms with Gasteiger partial charge in [-0.2, -0.15) is 0 Å². The summed E-state index contributed by atoms with van der Waals surface area (Å²) in [4.78, 5) is 11.4. The van der Waals surface area contributed by atoms with Crippen LogP contribution in [-0.4, -0.2) is 11.4 Å². The number of benzene rings is 1. The van der Waals surface area contributed by atoms with Crippen molar-refractivity contribution in [3.63, 3.8) is 0 Å². The molecule has 1 aromatic rings. The van der Waals surface area contributed by atoms with Crippen molar-refractivity contribution in [1.82, 2.24) is 0 Å². The maximum atomic E-state index is 13.2. The number of hydrogen-bond acceptors (Lipinski definition) is 2. The average molecular weight is 228 g/mol. The lowest BCUT2D eigenvalue weighted by Crippen LogP contribution is -2.36. The van der Waals surface area contributed by atoms with E-state index >= 15 is 0 Å². The minimum Gasteiger partial charge on any atom is -0.325 e. The number of hydrogen-bond donors (Lipinski definition) is 2. The molecule has 3 N–H and O–H groups in total. The summed E-state index contributed by atoms with van der Waals surface area (Å²) in [6.07, 6.45) is -0.0131. The molecule has 1 amide bonds. The normalized spacial score (nSPS) is 11.3. The third kappa shape index (κ3) is 3.58. The van der Waals surface area contributed by atoms with Gasteiger partial charge >= 0.3 is 0 Å². The Balaban J connectivity index is 2.78. The molecule has 0 fully saturated rings. The topological polar surface area (TPSA) is 55.1 Å². The van der Waals surface area contributed by atoms with Crippen LogP contribution in [0.25, 0.3) is 0 Å². The van der Waals surface area contributed by atoms with Crippen molar-refractivity contribution >= 4 is 11.6 Å². The Kier molecular flexibility index (Phi) is 3.59. The summed E-state index contributed by atoms with van der Waals surface area (Å²) in [5.41, 5.74) is 4.47. The Morgan fingerprint density at radius 3 is 2.31 bits per heavy atom. The number of nitrogens with one attached hydrogen (secondary N) is 1. The molecule has 0 spiro atoms. The molecule has 0 aliphatic carbocycles. The first-order valence-corrected chi connectivity index (χ1v) is 4.82. The zero-order valence-corrected chi connectivity index (χ0v) is 9.18. The molecule has 0 unspecified atom stereocenters. The first-order chi connectivity index (χ1) is 7.29. The Bertz CT molecular complexity index is 379. The van der Waals surface area contributed by atoms with Gasteiger partial charge in [-0.1, -0.05) is 6.07 Å². The number of halogens is 2. The first kappa shape index (κ1) is 12.6. The Labute approximate surface area is 92.6 Å². The fraction of sp³-hybridized carbons (Fsp3) is 0.364. The molecule has 0 saturated heterocycles. The van der Waals surface area contributed by atoms with Crippen LogP contribution in [-0.2, 0) is 4.79 Å². The van der Waals surface area contributed by atoms with E-state index in [1.807, 2.05) is 0 Å². The van der Waals surface area contributed by atoms with Crippen molar-refractivity contribution in [1.29, 1.82) is 0 Å². The van der Waals surface area contributed by atoms with Gasteiger partial charge in [-0.25, -0.2) is 8.78 Å². The fourth-order valence-corrected chi connectivity index (χ4v) is 1.21. The molecule has 0 heterocycles. The van der Waals surface area contributed by atoms with E-state index in [9.17, 15) is 13.6 Å². The van der Waals surface area contributed by atoms with Gasteiger partial charge in [-0.3, -0.25) is 4.79 Å². The highest BCUT2D eigenvalue weighted by Gasteiger charge is 2.18. The van der Waals surface area contributed by atoms with Crippen molar-refractivity contribution in [2.24, 2.45) is 5.73 Å². The van der Waals surface area contributed by atoms with E-state index in [0.717, 1.165) is 12.1 Å². The van der Waals surface area contributed by atoms with E-state index in [-0.39, 0.29) is 6.42 Å². The van der Waals surface area contributed by atoms with E-state index < -0.39 is 28.8 Å². The van der Waals surface area contributed by atoms with Crippen LogP contribution in [0.4, 0.5) is 14.5 Å². The van der Waals surface area contributed by atoms with Crippen molar-refractivity contribution in [2.45, 2.75) is 25.8 Å². The van der Waals surface area contributed by atoms with Gasteiger partial charge in [0.15, 0.2) is 0 Å². The zero-order chi connectivity index (χ0) is 12.3. The molecule has 0 aromatic heterocycles. The molecule has 0 aliphatic rings. The maximum absolute atomic E-state index is 13.2. The molecule has 0 saturated carbocycles. The van der Waals surface area contributed by atoms with Crippen molar-refractivity contribution in [3.8, 4) is 0 Å². The van der Waals surface area contributed by atoms with E-state index in [4.69, 9.17) is 5.73 Å². The number of para-hydroxylation sites is 1. The van der Waals surface area contributed by atoms with Crippen LogP contribution in [0.5, 0.6) is 0 Å². The van der Waals surface area contributed by atoms with Crippen LogP contribution >= 0.6 is 0 Å². The molecule has 88 valence electrons. The van der Waals surface area contributed by atoms with Crippen LogP contribution in [0, 0.1) is 11.6 Å². The SMILES string of the molecule is CC(C)(N)CC(=O)Nc1c(F)cccc1F. The van der Waals surface area contributed by atoms with Gasteiger partial charge in [0, 0.05) is 12.0 Å². The van der Waals surface area contributed by atoms with Gasteiger partial charge in [0.2, 0.25) is 5.91 Å². The van der Waals surface area contributed by atoms with Crippen molar-refractivity contribution in [2.75, 3.05) is 5.32 Å². The summed E-state index contributed by atoms with van der Waals surface area (Å²) in [5.74, 6) is -2.12. The third-order valence-corrected chi connectivity index (χ3v) is 1.84. The molecule has 0 bridgehead atoms. The Morgan fingerprint density at radius 1 is 1.38 bits per heavy atom. The quantitative estimate of drug-likeness (QED) is 0.831. The highest BCUT2D eigenvalue weighted by Crippen LogP contribution is 2.18. The van der Waals surface area contributed by atoms with Crippen LogP contribution in [0.2, 0.25) is 0 Å². The van der Waals surface area contributed by atoms with E-state index in [2.05, 4.69) is 5.32 Å². The molecule has 0 radical (unpaired) electrons. The first-order valence-electron chi connectivity index (χ1n) is 4.82. The number of amides is 1. The predicted octanol–water partition coefficient (Wildman–Crippen LogP) is 2.03. The van der Waals surface area contributed by atoms with Crippen LogP contribution in [0.3, 0.4) is 0 Å². The number of carbonyl (C=O) groups excluding carboxylic acids is 1. The highest BCUT2D eigenvalue weighted by atomic mass is 19.1. The molecule has 3 nitrogen and oxygen atoms in total. The van der Waals surface area contributed by atoms with Gasteiger partial charge in [0.05, 0.1) is 0 Å². The summed E-state index contributed by atoms with van der Waals surface area (Å²) in [6, 6.07) is 3.38. The Hall–Kier alpha value is -1.49. The monoisotopic (exact) mass is 228 g/mol. The molecular weight excluding hydrogens is 214 g/mol. The summed E-state index contributed by atoms with van der Waals surface area (Å²) in [7, 11) is 0. The lowest BCUT2D eigenvalue weighted by molar-refractivity contribution is -0.117. The summed E-state index contributed by atoms with van der Waals surface area (Å²) in [6.45, 7) is 3.31. The molecule has 0 aliphatic heterocycles. The van der Waals surface area contributed by atoms with Gasteiger partial charge in [-0.05, 0) is 26.0 Å². The second-order valence-electron chi connectivity index (χ2n) is 4.31. The second kappa shape index (κ2) is 4.57. The molecule has 0 atom stereocenters. The zero-order valence-electron chi connectivity index (χ0n) is 9.18. The van der Waals surface area contributed by atoms with Gasteiger partial charge < -0.3 is 11.1 Å². The van der Waals surface area contributed by atoms with Gasteiger partial charge in [0.25, 0.3) is 0 Å². The smallest absolute Gasteiger partial charge is 0.226 e. The van der Waals surface area contributed by atoms with E-state index in [0.29, 0.717) is 0 Å². The number of anilines is 1. The minimum absolute atomic E-state index is 0.0131. The molecule has 1 aromatic carbocycles.